The molecule has 1 saturated heterocycles. The van der Waals surface area contributed by atoms with Crippen molar-refractivity contribution in [3.8, 4) is 0 Å². The third-order valence-corrected chi connectivity index (χ3v) is 4.59. The smallest absolute Gasteiger partial charge is 0.256 e. The first kappa shape index (κ1) is 15.4. The molecule has 0 aliphatic carbocycles. The Labute approximate surface area is 145 Å². The summed E-state index contributed by atoms with van der Waals surface area (Å²) in [6.07, 6.45) is 2.46. The predicted octanol–water partition coefficient (Wildman–Crippen LogP) is 3.38. The van der Waals surface area contributed by atoms with E-state index < -0.39 is 0 Å². The van der Waals surface area contributed by atoms with Crippen LogP contribution in [0.15, 0.2) is 59.4 Å². The van der Waals surface area contributed by atoms with Gasteiger partial charge in [0.25, 0.3) is 5.91 Å². The van der Waals surface area contributed by atoms with Gasteiger partial charge in [-0.3, -0.25) is 9.59 Å². The Morgan fingerprint density at radius 2 is 1.72 bits per heavy atom. The molecule has 1 amide bonds. The van der Waals surface area contributed by atoms with E-state index in [0.29, 0.717) is 11.1 Å². The number of carbonyl (C=O) groups is 1. The van der Waals surface area contributed by atoms with Gasteiger partial charge in [0.05, 0.1) is 5.56 Å². The van der Waals surface area contributed by atoms with Crippen LogP contribution in [0.4, 0.5) is 11.4 Å². The van der Waals surface area contributed by atoms with Gasteiger partial charge in [0.2, 0.25) is 5.56 Å². The molecule has 0 unspecified atom stereocenters. The Bertz CT molecular complexity index is 970. The zero-order valence-corrected chi connectivity index (χ0v) is 13.8. The normalized spacial score (nSPS) is 14.0. The Morgan fingerprint density at radius 3 is 2.48 bits per heavy atom. The van der Waals surface area contributed by atoms with Crippen molar-refractivity contribution in [1.82, 2.24) is 4.98 Å². The standard InChI is InChI=1S/C20H19N3O2/c24-19-13-17(16-5-1-2-6-18(16)22-19)20(25)21-14-7-9-15(10-8-14)23-11-3-4-12-23/h1-2,5-10,13H,3-4,11-12H2,(H,21,25)(H,22,24). The van der Waals surface area contributed by atoms with Gasteiger partial charge in [0.1, 0.15) is 0 Å². The quantitative estimate of drug-likeness (QED) is 0.772. The molecule has 4 rings (SSSR count). The molecule has 0 bridgehead atoms. The van der Waals surface area contributed by atoms with Gasteiger partial charge in [0, 0.05) is 41.4 Å². The molecular weight excluding hydrogens is 314 g/mol. The molecule has 0 spiro atoms. The molecule has 5 nitrogen and oxygen atoms in total. The fourth-order valence-corrected chi connectivity index (χ4v) is 3.32. The molecule has 1 aliphatic rings. The number of rotatable bonds is 3. The van der Waals surface area contributed by atoms with Crippen LogP contribution in [0.1, 0.15) is 23.2 Å². The fourth-order valence-electron chi connectivity index (χ4n) is 3.32. The van der Waals surface area contributed by atoms with Gasteiger partial charge in [-0.25, -0.2) is 0 Å². The average Bonchev–Trinajstić information content (AvgIpc) is 3.16. The summed E-state index contributed by atoms with van der Waals surface area (Å²) in [5.74, 6) is -0.281. The van der Waals surface area contributed by atoms with Crippen LogP contribution in [0.25, 0.3) is 10.9 Å². The highest BCUT2D eigenvalue weighted by molar-refractivity contribution is 6.12. The van der Waals surface area contributed by atoms with E-state index in [-0.39, 0.29) is 11.5 Å². The van der Waals surface area contributed by atoms with Gasteiger partial charge < -0.3 is 15.2 Å². The SMILES string of the molecule is O=C(Nc1ccc(N2CCCC2)cc1)c1cc(=O)[nH]c2ccccc12. The highest BCUT2D eigenvalue weighted by atomic mass is 16.2. The summed E-state index contributed by atoms with van der Waals surface area (Å²) in [6.45, 7) is 2.18. The van der Waals surface area contributed by atoms with E-state index in [9.17, 15) is 9.59 Å². The molecule has 1 aliphatic heterocycles. The first-order valence-electron chi connectivity index (χ1n) is 8.49. The van der Waals surface area contributed by atoms with Crippen molar-refractivity contribution in [1.29, 1.82) is 0 Å². The second-order valence-corrected chi connectivity index (χ2v) is 6.29. The zero-order chi connectivity index (χ0) is 17.2. The molecule has 3 aromatic rings. The van der Waals surface area contributed by atoms with Crippen molar-refractivity contribution >= 4 is 28.2 Å². The lowest BCUT2D eigenvalue weighted by molar-refractivity contribution is 0.102. The number of fused-ring (bicyclic) bond motifs is 1. The molecular formula is C20H19N3O2. The number of anilines is 2. The first-order chi connectivity index (χ1) is 12.2. The predicted molar refractivity (Wildman–Crippen MR) is 100 cm³/mol. The number of amides is 1. The Hall–Kier alpha value is -3.08. The van der Waals surface area contributed by atoms with Crippen LogP contribution in [-0.4, -0.2) is 24.0 Å². The van der Waals surface area contributed by atoms with Gasteiger partial charge in [-0.2, -0.15) is 0 Å². The van der Waals surface area contributed by atoms with Crippen molar-refractivity contribution in [2.75, 3.05) is 23.3 Å². The summed E-state index contributed by atoms with van der Waals surface area (Å²) in [5.41, 5.74) is 2.65. The van der Waals surface area contributed by atoms with Gasteiger partial charge in [0.15, 0.2) is 0 Å². The monoisotopic (exact) mass is 333 g/mol. The summed E-state index contributed by atoms with van der Waals surface area (Å²) < 4.78 is 0. The summed E-state index contributed by atoms with van der Waals surface area (Å²) >= 11 is 0. The minimum Gasteiger partial charge on any atom is -0.372 e. The summed E-state index contributed by atoms with van der Waals surface area (Å²) in [6, 6.07) is 16.5. The van der Waals surface area contributed by atoms with Gasteiger partial charge in [-0.15, -0.1) is 0 Å². The summed E-state index contributed by atoms with van der Waals surface area (Å²) in [7, 11) is 0. The van der Waals surface area contributed by atoms with Gasteiger partial charge in [-0.05, 0) is 43.2 Å². The third kappa shape index (κ3) is 3.13. The number of benzene rings is 2. The van der Waals surface area contributed by atoms with E-state index in [4.69, 9.17) is 0 Å². The van der Waals surface area contributed by atoms with E-state index in [1.807, 2.05) is 42.5 Å². The topological polar surface area (TPSA) is 65.2 Å². The van der Waals surface area contributed by atoms with Gasteiger partial charge in [-0.1, -0.05) is 18.2 Å². The maximum Gasteiger partial charge on any atom is 0.256 e. The number of carbonyl (C=O) groups excluding carboxylic acids is 1. The molecule has 0 atom stereocenters. The van der Waals surface area contributed by atoms with Crippen molar-refractivity contribution in [3.63, 3.8) is 0 Å². The molecule has 5 heteroatoms. The molecule has 1 fully saturated rings. The Kier molecular flexibility index (Phi) is 3.98. The number of pyridine rings is 1. The third-order valence-electron chi connectivity index (χ3n) is 4.59. The number of hydrogen-bond acceptors (Lipinski definition) is 3. The Balaban J connectivity index is 1.59. The molecule has 1 aromatic heterocycles. The molecule has 0 saturated carbocycles. The second-order valence-electron chi connectivity index (χ2n) is 6.29. The lowest BCUT2D eigenvalue weighted by Crippen LogP contribution is -2.18. The number of aromatic amines is 1. The first-order valence-corrected chi connectivity index (χ1v) is 8.49. The average molecular weight is 333 g/mol. The van der Waals surface area contributed by atoms with Crippen LogP contribution in [0.5, 0.6) is 0 Å². The number of hydrogen-bond donors (Lipinski definition) is 2. The largest absolute Gasteiger partial charge is 0.372 e. The summed E-state index contributed by atoms with van der Waals surface area (Å²) in [4.78, 5) is 29.5. The molecule has 2 aromatic carbocycles. The van der Waals surface area contributed by atoms with E-state index in [2.05, 4.69) is 15.2 Å². The lowest BCUT2D eigenvalue weighted by Gasteiger charge is -2.17. The van der Waals surface area contributed by atoms with Crippen LogP contribution in [0, 0.1) is 0 Å². The highest BCUT2D eigenvalue weighted by Crippen LogP contribution is 2.23. The van der Waals surface area contributed by atoms with Crippen LogP contribution >= 0.6 is 0 Å². The molecule has 25 heavy (non-hydrogen) atoms. The maximum absolute atomic E-state index is 12.6. The molecule has 2 heterocycles. The van der Waals surface area contributed by atoms with Crippen LogP contribution in [0.2, 0.25) is 0 Å². The van der Waals surface area contributed by atoms with Crippen molar-refractivity contribution in [2.24, 2.45) is 0 Å². The molecule has 2 N–H and O–H groups in total. The van der Waals surface area contributed by atoms with Crippen LogP contribution in [0.3, 0.4) is 0 Å². The van der Waals surface area contributed by atoms with Crippen molar-refractivity contribution < 1.29 is 4.79 Å². The number of aromatic nitrogens is 1. The number of para-hydroxylation sites is 1. The minimum absolute atomic E-state index is 0.281. The number of nitrogens with zero attached hydrogens (tertiary/aromatic N) is 1. The van der Waals surface area contributed by atoms with E-state index in [1.165, 1.54) is 24.6 Å². The van der Waals surface area contributed by atoms with Crippen molar-refractivity contribution in [3.05, 3.63) is 70.5 Å². The van der Waals surface area contributed by atoms with E-state index in [1.54, 1.807) is 6.07 Å². The minimum atomic E-state index is -0.284. The second kappa shape index (κ2) is 6.43. The van der Waals surface area contributed by atoms with Gasteiger partial charge >= 0.3 is 0 Å². The van der Waals surface area contributed by atoms with Crippen LogP contribution in [-0.2, 0) is 0 Å². The van der Waals surface area contributed by atoms with E-state index >= 15 is 0 Å². The lowest BCUT2D eigenvalue weighted by atomic mass is 10.1. The van der Waals surface area contributed by atoms with Crippen LogP contribution < -0.4 is 15.8 Å². The Morgan fingerprint density at radius 1 is 1.00 bits per heavy atom. The fraction of sp³-hybridized carbons (Fsp3) is 0.200. The number of nitrogens with one attached hydrogen (secondary N) is 2. The zero-order valence-electron chi connectivity index (χ0n) is 13.8. The van der Waals surface area contributed by atoms with Crippen molar-refractivity contribution in [2.45, 2.75) is 12.8 Å². The number of H-pyrrole nitrogens is 1. The summed E-state index contributed by atoms with van der Waals surface area (Å²) in [5, 5.41) is 3.62. The maximum atomic E-state index is 12.6. The molecule has 0 radical (unpaired) electrons. The molecule has 126 valence electrons. The highest BCUT2D eigenvalue weighted by Gasteiger charge is 2.14. The van der Waals surface area contributed by atoms with E-state index in [0.717, 1.165) is 24.2 Å².